The highest BCUT2D eigenvalue weighted by molar-refractivity contribution is 6.02. The summed E-state index contributed by atoms with van der Waals surface area (Å²) in [5.74, 6) is 0.735. The number of ketones is 1. The third kappa shape index (κ3) is 4.50. The Morgan fingerprint density at radius 3 is 2.53 bits per heavy atom. The number of carbonyl (C=O) groups is 2. The number of benzene rings is 2. The van der Waals surface area contributed by atoms with Gasteiger partial charge < -0.3 is 23.5 Å². The van der Waals surface area contributed by atoms with Crippen LogP contribution in [0.1, 0.15) is 27.3 Å². The number of ether oxygens (including phenoxy) is 4. The molecule has 0 atom stereocenters. The van der Waals surface area contributed by atoms with E-state index in [1.165, 1.54) is 6.08 Å². The minimum Gasteiger partial charge on any atom is -0.497 e. The van der Waals surface area contributed by atoms with Gasteiger partial charge >= 0.3 is 5.97 Å². The molecule has 0 saturated heterocycles. The Labute approximate surface area is 196 Å². The number of methoxy groups -OCH3 is 1. The van der Waals surface area contributed by atoms with E-state index in [-0.39, 0.29) is 18.1 Å². The van der Waals surface area contributed by atoms with Crippen molar-refractivity contribution in [3.8, 4) is 29.0 Å². The zero-order chi connectivity index (χ0) is 24.2. The van der Waals surface area contributed by atoms with Crippen molar-refractivity contribution in [1.82, 2.24) is 4.57 Å². The summed E-state index contributed by atoms with van der Waals surface area (Å²) in [7, 11) is 1.55. The fraction of sp³-hybridized carbons (Fsp3) is 0.192. The standard InChI is InChI=1S/C26H22N2O6/c1-16-10-22(17(2)28(16)20-6-9-24-25(12-20)34-15-33-24)23(29)14-32-26(30)19(13-27)11-18-4-7-21(31-3)8-5-18/h4-12H,14-15H2,1-3H3. The summed E-state index contributed by atoms with van der Waals surface area (Å²) in [6.07, 6.45) is 1.40. The number of hydrogen-bond acceptors (Lipinski definition) is 7. The molecule has 2 heterocycles. The quantitative estimate of drug-likeness (QED) is 0.227. The number of hydrogen-bond donors (Lipinski definition) is 0. The number of carbonyl (C=O) groups excluding carboxylic acids is 2. The Balaban J connectivity index is 1.47. The number of aryl methyl sites for hydroxylation is 1. The summed E-state index contributed by atoms with van der Waals surface area (Å²) in [6.45, 7) is 3.39. The van der Waals surface area contributed by atoms with E-state index in [9.17, 15) is 14.9 Å². The average molecular weight is 458 g/mol. The van der Waals surface area contributed by atoms with Crippen molar-refractivity contribution in [3.05, 3.63) is 76.6 Å². The lowest BCUT2D eigenvalue weighted by atomic mass is 10.1. The van der Waals surface area contributed by atoms with Crippen LogP contribution in [-0.2, 0) is 9.53 Å². The van der Waals surface area contributed by atoms with Gasteiger partial charge in [0.05, 0.1) is 7.11 Å². The lowest BCUT2D eigenvalue weighted by Gasteiger charge is -2.11. The van der Waals surface area contributed by atoms with Gasteiger partial charge in [0, 0.05) is 28.7 Å². The van der Waals surface area contributed by atoms with Crippen LogP contribution in [0.2, 0.25) is 0 Å². The fourth-order valence-corrected chi connectivity index (χ4v) is 3.76. The molecule has 0 fully saturated rings. The van der Waals surface area contributed by atoms with Crippen molar-refractivity contribution in [3.63, 3.8) is 0 Å². The molecule has 34 heavy (non-hydrogen) atoms. The van der Waals surface area contributed by atoms with Crippen molar-refractivity contribution < 1.29 is 28.5 Å². The van der Waals surface area contributed by atoms with E-state index in [4.69, 9.17) is 18.9 Å². The zero-order valence-corrected chi connectivity index (χ0v) is 19.0. The van der Waals surface area contributed by atoms with Crippen LogP contribution in [0.15, 0.2) is 54.1 Å². The molecule has 8 nitrogen and oxygen atoms in total. The van der Waals surface area contributed by atoms with Crippen LogP contribution in [0, 0.1) is 25.2 Å². The zero-order valence-electron chi connectivity index (χ0n) is 19.0. The molecule has 0 aliphatic carbocycles. The molecule has 0 radical (unpaired) electrons. The number of aromatic nitrogens is 1. The van der Waals surface area contributed by atoms with E-state index in [1.807, 2.05) is 42.7 Å². The molecule has 1 aromatic heterocycles. The van der Waals surface area contributed by atoms with Crippen molar-refractivity contribution in [1.29, 1.82) is 5.26 Å². The summed E-state index contributed by atoms with van der Waals surface area (Å²) in [4.78, 5) is 25.2. The van der Waals surface area contributed by atoms with Gasteiger partial charge in [-0.3, -0.25) is 4.79 Å². The number of nitriles is 1. The molecule has 0 saturated carbocycles. The number of nitrogens with zero attached hydrogens (tertiary/aromatic N) is 2. The van der Waals surface area contributed by atoms with Gasteiger partial charge in [0.15, 0.2) is 18.1 Å². The van der Waals surface area contributed by atoms with Crippen molar-refractivity contribution in [2.45, 2.75) is 13.8 Å². The molecule has 3 aromatic rings. The van der Waals surface area contributed by atoms with Gasteiger partial charge in [-0.1, -0.05) is 12.1 Å². The molecule has 1 aliphatic rings. The molecular formula is C26H22N2O6. The summed E-state index contributed by atoms with van der Waals surface area (Å²) in [6, 6.07) is 16.0. The minimum atomic E-state index is -0.865. The van der Waals surface area contributed by atoms with E-state index in [1.54, 1.807) is 37.4 Å². The average Bonchev–Trinajstić information content (AvgIpc) is 3.44. The third-order valence-electron chi connectivity index (χ3n) is 5.45. The Bertz CT molecular complexity index is 1330. The highest BCUT2D eigenvalue weighted by Gasteiger charge is 2.21. The monoisotopic (exact) mass is 458 g/mol. The normalized spacial score (nSPS) is 12.2. The van der Waals surface area contributed by atoms with E-state index in [0.29, 0.717) is 34.1 Å². The Morgan fingerprint density at radius 2 is 1.82 bits per heavy atom. The highest BCUT2D eigenvalue weighted by Crippen LogP contribution is 2.35. The maximum atomic E-state index is 12.8. The smallest absolute Gasteiger partial charge is 0.349 e. The maximum absolute atomic E-state index is 12.8. The first-order chi connectivity index (χ1) is 16.4. The first-order valence-corrected chi connectivity index (χ1v) is 10.5. The van der Waals surface area contributed by atoms with Gasteiger partial charge in [0.25, 0.3) is 0 Å². The minimum absolute atomic E-state index is 0.176. The van der Waals surface area contributed by atoms with Crippen molar-refractivity contribution >= 4 is 17.8 Å². The van der Waals surface area contributed by atoms with Gasteiger partial charge in [-0.15, -0.1) is 0 Å². The molecule has 0 unspecified atom stereocenters. The maximum Gasteiger partial charge on any atom is 0.349 e. The van der Waals surface area contributed by atoms with Crippen LogP contribution >= 0.6 is 0 Å². The van der Waals surface area contributed by atoms with E-state index in [2.05, 4.69) is 0 Å². The first-order valence-electron chi connectivity index (χ1n) is 10.5. The second-order valence-electron chi connectivity index (χ2n) is 7.60. The molecule has 2 aromatic carbocycles. The van der Waals surface area contributed by atoms with Gasteiger partial charge in [0.2, 0.25) is 12.6 Å². The number of fused-ring (bicyclic) bond motifs is 1. The van der Waals surface area contributed by atoms with Crippen LogP contribution in [0.5, 0.6) is 17.2 Å². The molecule has 8 heteroatoms. The second-order valence-corrected chi connectivity index (χ2v) is 7.60. The highest BCUT2D eigenvalue weighted by atomic mass is 16.7. The molecule has 0 spiro atoms. The van der Waals surface area contributed by atoms with Gasteiger partial charge in [-0.2, -0.15) is 5.26 Å². The number of esters is 1. The summed E-state index contributed by atoms with van der Waals surface area (Å²) >= 11 is 0. The van der Waals surface area contributed by atoms with Gasteiger partial charge in [-0.25, -0.2) is 4.79 Å². The topological polar surface area (TPSA) is 99.8 Å². The van der Waals surface area contributed by atoms with E-state index >= 15 is 0 Å². The second kappa shape index (κ2) is 9.55. The molecule has 0 N–H and O–H groups in total. The lowest BCUT2D eigenvalue weighted by Crippen LogP contribution is -2.15. The predicted octanol–water partition coefficient (Wildman–Crippen LogP) is 4.16. The van der Waals surface area contributed by atoms with Crippen LogP contribution < -0.4 is 14.2 Å². The summed E-state index contributed by atoms with van der Waals surface area (Å²) in [5.41, 5.74) is 3.22. The predicted molar refractivity (Wildman–Crippen MR) is 123 cm³/mol. The van der Waals surface area contributed by atoms with Gasteiger partial charge in [0.1, 0.15) is 17.4 Å². The van der Waals surface area contributed by atoms with E-state index < -0.39 is 12.6 Å². The molecule has 1 aliphatic heterocycles. The van der Waals surface area contributed by atoms with Crippen LogP contribution in [-0.4, -0.2) is 36.8 Å². The third-order valence-corrected chi connectivity index (χ3v) is 5.45. The molecule has 4 rings (SSSR count). The Morgan fingerprint density at radius 1 is 1.09 bits per heavy atom. The Kier molecular flexibility index (Phi) is 6.37. The van der Waals surface area contributed by atoms with Crippen molar-refractivity contribution in [2.24, 2.45) is 0 Å². The molecule has 172 valence electrons. The molecular weight excluding hydrogens is 436 g/mol. The van der Waals surface area contributed by atoms with Crippen LogP contribution in [0.25, 0.3) is 11.8 Å². The van der Waals surface area contributed by atoms with Gasteiger partial charge in [-0.05, 0) is 55.8 Å². The summed E-state index contributed by atoms with van der Waals surface area (Å²) < 4.78 is 23.0. The Hall–Kier alpha value is -4.51. The number of Topliss-reactive ketones (excluding diaryl/α,β-unsaturated/α-hetero) is 1. The molecule has 0 amide bonds. The largest absolute Gasteiger partial charge is 0.497 e. The van der Waals surface area contributed by atoms with Crippen molar-refractivity contribution in [2.75, 3.05) is 20.5 Å². The SMILES string of the molecule is COc1ccc(C=C(C#N)C(=O)OCC(=O)c2cc(C)n(-c3ccc4c(c3)OCO4)c2C)cc1. The lowest BCUT2D eigenvalue weighted by molar-refractivity contribution is -0.137. The fourth-order valence-electron chi connectivity index (χ4n) is 3.76. The van der Waals surface area contributed by atoms with E-state index in [0.717, 1.165) is 11.4 Å². The molecule has 0 bridgehead atoms. The number of rotatable bonds is 7. The van der Waals surface area contributed by atoms with Crippen LogP contribution in [0.4, 0.5) is 0 Å². The summed E-state index contributed by atoms with van der Waals surface area (Å²) in [5, 5.41) is 9.37. The van der Waals surface area contributed by atoms with Crippen LogP contribution in [0.3, 0.4) is 0 Å². The first kappa shape index (κ1) is 22.7.